The van der Waals surface area contributed by atoms with Gasteiger partial charge in [0.1, 0.15) is 0 Å². The first-order chi connectivity index (χ1) is 11.3. The molecule has 0 aliphatic carbocycles. The summed E-state index contributed by atoms with van der Waals surface area (Å²) in [6.07, 6.45) is 3.92. The monoisotopic (exact) mass is 360 g/mol. The van der Waals surface area contributed by atoms with Gasteiger partial charge in [-0.25, -0.2) is 0 Å². The van der Waals surface area contributed by atoms with E-state index in [2.05, 4.69) is 48.5 Å². The Hall–Kier alpha value is -0.160. The first kappa shape index (κ1) is 24.8. The minimum Gasteiger partial charge on any atom is -0.390 e. The maximum absolute atomic E-state index is 9.79. The van der Waals surface area contributed by atoms with Crippen molar-refractivity contribution in [2.45, 2.75) is 111 Å². The van der Waals surface area contributed by atoms with Gasteiger partial charge < -0.3 is 19.3 Å². The third-order valence-corrected chi connectivity index (χ3v) is 4.79. The minimum atomic E-state index is -0.675. The Balaban J connectivity index is 4.07. The van der Waals surface area contributed by atoms with Crippen molar-refractivity contribution in [3.8, 4) is 0 Å². The van der Waals surface area contributed by atoms with Crippen molar-refractivity contribution in [2.75, 3.05) is 19.8 Å². The molecular formula is C21H44O4. The van der Waals surface area contributed by atoms with E-state index in [0.29, 0.717) is 25.0 Å². The Bertz CT molecular complexity index is 342. The predicted octanol–water partition coefficient (Wildman–Crippen LogP) is 4.97. The standard InChI is InChI=1S/C21H44O4/c1-17(2)23-14-10-12-20(6,7)24-15-11-18(3)21(8,9)25-16-13-19(4,5)22/h17-18,22H,10-16H2,1-9H3. The molecule has 0 heterocycles. The molecule has 1 N–H and O–H groups in total. The fourth-order valence-corrected chi connectivity index (χ4v) is 2.45. The van der Waals surface area contributed by atoms with Gasteiger partial charge in [0.15, 0.2) is 0 Å². The second-order valence-electron chi connectivity index (χ2n) is 9.34. The van der Waals surface area contributed by atoms with Gasteiger partial charge in [-0.15, -0.1) is 0 Å². The second-order valence-corrected chi connectivity index (χ2v) is 9.34. The van der Waals surface area contributed by atoms with E-state index in [-0.39, 0.29) is 11.2 Å². The van der Waals surface area contributed by atoms with E-state index < -0.39 is 5.60 Å². The van der Waals surface area contributed by atoms with Crippen molar-refractivity contribution in [1.29, 1.82) is 0 Å². The number of hydrogen-bond acceptors (Lipinski definition) is 4. The van der Waals surface area contributed by atoms with Crippen LogP contribution in [0.25, 0.3) is 0 Å². The highest BCUT2D eigenvalue weighted by Crippen LogP contribution is 2.26. The molecule has 25 heavy (non-hydrogen) atoms. The minimum absolute atomic E-state index is 0.119. The number of hydrogen-bond donors (Lipinski definition) is 1. The van der Waals surface area contributed by atoms with Gasteiger partial charge in [-0.05, 0) is 87.0 Å². The van der Waals surface area contributed by atoms with E-state index in [9.17, 15) is 5.11 Å². The third kappa shape index (κ3) is 13.7. The molecule has 0 saturated heterocycles. The lowest BCUT2D eigenvalue weighted by Crippen LogP contribution is -2.36. The largest absolute Gasteiger partial charge is 0.390 e. The van der Waals surface area contributed by atoms with Gasteiger partial charge in [0.25, 0.3) is 0 Å². The summed E-state index contributed by atoms with van der Waals surface area (Å²) in [6.45, 7) is 20.6. The Morgan fingerprint density at radius 3 is 1.92 bits per heavy atom. The van der Waals surface area contributed by atoms with Gasteiger partial charge in [-0.1, -0.05) is 6.92 Å². The first-order valence-electron chi connectivity index (χ1n) is 9.87. The van der Waals surface area contributed by atoms with Crippen LogP contribution in [-0.2, 0) is 14.2 Å². The molecule has 1 unspecified atom stereocenters. The topological polar surface area (TPSA) is 47.9 Å². The quantitative estimate of drug-likeness (QED) is 0.444. The van der Waals surface area contributed by atoms with E-state index >= 15 is 0 Å². The van der Waals surface area contributed by atoms with Gasteiger partial charge in [-0.3, -0.25) is 0 Å². The third-order valence-electron chi connectivity index (χ3n) is 4.79. The average Bonchev–Trinajstić information content (AvgIpc) is 2.41. The predicted molar refractivity (Wildman–Crippen MR) is 105 cm³/mol. The second kappa shape index (κ2) is 10.9. The van der Waals surface area contributed by atoms with Crippen molar-refractivity contribution in [2.24, 2.45) is 5.92 Å². The normalized spacial score (nSPS) is 15.0. The van der Waals surface area contributed by atoms with Crippen LogP contribution in [0.3, 0.4) is 0 Å². The summed E-state index contributed by atoms with van der Waals surface area (Å²) < 4.78 is 17.7. The molecule has 0 aliphatic heterocycles. The maximum atomic E-state index is 9.79. The van der Waals surface area contributed by atoms with Crippen LogP contribution in [0.1, 0.15) is 88.0 Å². The van der Waals surface area contributed by atoms with Gasteiger partial charge in [0, 0.05) is 13.2 Å². The first-order valence-corrected chi connectivity index (χ1v) is 9.87. The van der Waals surface area contributed by atoms with E-state index in [1.807, 2.05) is 13.8 Å². The average molecular weight is 361 g/mol. The molecule has 0 spiro atoms. The molecule has 0 fully saturated rings. The molecule has 0 saturated carbocycles. The molecule has 0 amide bonds. The van der Waals surface area contributed by atoms with Crippen LogP contribution in [-0.4, -0.2) is 47.8 Å². The summed E-state index contributed by atoms with van der Waals surface area (Å²) >= 11 is 0. The van der Waals surface area contributed by atoms with E-state index in [1.54, 1.807) is 0 Å². The van der Waals surface area contributed by atoms with Crippen molar-refractivity contribution >= 4 is 0 Å². The Morgan fingerprint density at radius 1 is 0.800 bits per heavy atom. The van der Waals surface area contributed by atoms with Crippen LogP contribution in [0, 0.1) is 5.92 Å². The van der Waals surface area contributed by atoms with Gasteiger partial charge in [0.2, 0.25) is 0 Å². The van der Waals surface area contributed by atoms with Crippen molar-refractivity contribution in [1.82, 2.24) is 0 Å². The molecule has 0 bridgehead atoms. The zero-order valence-corrected chi connectivity index (χ0v) is 18.3. The summed E-state index contributed by atoms with van der Waals surface area (Å²) in [5.74, 6) is 0.384. The van der Waals surface area contributed by atoms with E-state index in [1.165, 1.54) is 0 Å². The molecule has 0 rings (SSSR count). The molecule has 0 aliphatic rings. The highest BCUT2D eigenvalue weighted by molar-refractivity contribution is 4.78. The fourth-order valence-electron chi connectivity index (χ4n) is 2.45. The summed E-state index contributed by atoms with van der Waals surface area (Å²) in [5.41, 5.74) is -1.01. The van der Waals surface area contributed by atoms with Gasteiger partial charge in [0.05, 0.1) is 29.5 Å². The summed E-state index contributed by atoms with van der Waals surface area (Å²) in [5, 5.41) is 9.79. The van der Waals surface area contributed by atoms with Crippen LogP contribution in [0.5, 0.6) is 0 Å². The van der Waals surface area contributed by atoms with E-state index in [0.717, 1.165) is 32.5 Å². The molecule has 0 aromatic rings. The molecule has 4 nitrogen and oxygen atoms in total. The van der Waals surface area contributed by atoms with E-state index in [4.69, 9.17) is 14.2 Å². The number of aliphatic hydroxyl groups is 1. The van der Waals surface area contributed by atoms with Crippen LogP contribution >= 0.6 is 0 Å². The zero-order valence-electron chi connectivity index (χ0n) is 18.3. The summed E-state index contributed by atoms with van der Waals surface area (Å²) in [4.78, 5) is 0. The fraction of sp³-hybridized carbons (Fsp3) is 1.00. The van der Waals surface area contributed by atoms with Gasteiger partial charge in [-0.2, -0.15) is 0 Å². The maximum Gasteiger partial charge on any atom is 0.0652 e. The molecule has 0 radical (unpaired) electrons. The SMILES string of the molecule is CC(C)OCCCC(C)(C)OCCC(C)C(C)(C)OCCC(C)(C)O. The Labute approximate surface area is 156 Å². The lowest BCUT2D eigenvalue weighted by atomic mass is 9.89. The zero-order chi connectivity index (χ0) is 19.7. The van der Waals surface area contributed by atoms with Crippen molar-refractivity contribution in [3.63, 3.8) is 0 Å². The van der Waals surface area contributed by atoms with Crippen molar-refractivity contribution < 1.29 is 19.3 Å². The molecule has 152 valence electrons. The van der Waals surface area contributed by atoms with Crippen molar-refractivity contribution in [3.05, 3.63) is 0 Å². The summed E-state index contributed by atoms with van der Waals surface area (Å²) in [6, 6.07) is 0. The number of rotatable bonds is 14. The van der Waals surface area contributed by atoms with Crippen LogP contribution in [0.15, 0.2) is 0 Å². The van der Waals surface area contributed by atoms with Gasteiger partial charge >= 0.3 is 0 Å². The lowest BCUT2D eigenvalue weighted by Gasteiger charge is -2.34. The smallest absolute Gasteiger partial charge is 0.0652 e. The summed E-state index contributed by atoms with van der Waals surface area (Å²) in [7, 11) is 0. The molecule has 0 aromatic heterocycles. The lowest BCUT2D eigenvalue weighted by molar-refractivity contribution is -0.0899. The Morgan fingerprint density at radius 2 is 1.40 bits per heavy atom. The Kier molecular flexibility index (Phi) is 10.8. The van der Waals surface area contributed by atoms with Crippen LogP contribution < -0.4 is 0 Å². The molecule has 4 heteroatoms. The highest BCUT2D eigenvalue weighted by atomic mass is 16.5. The van der Waals surface area contributed by atoms with Crippen LogP contribution in [0.4, 0.5) is 0 Å². The molecule has 0 aromatic carbocycles. The number of ether oxygens (including phenoxy) is 3. The molecular weight excluding hydrogens is 316 g/mol. The van der Waals surface area contributed by atoms with Crippen LogP contribution in [0.2, 0.25) is 0 Å². The highest BCUT2D eigenvalue weighted by Gasteiger charge is 2.28. The molecule has 1 atom stereocenters.